The molecular weight excluding hydrogens is 266 g/mol. The highest BCUT2D eigenvalue weighted by Crippen LogP contribution is 2.08. The van der Waals surface area contributed by atoms with Gasteiger partial charge in [0.1, 0.15) is 5.69 Å². The molecule has 0 aliphatic rings. The zero-order valence-electron chi connectivity index (χ0n) is 13.6. The van der Waals surface area contributed by atoms with Gasteiger partial charge in [0.05, 0.1) is 0 Å². The Labute approximate surface area is 126 Å². The Morgan fingerprint density at radius 2 is 2.00 bits per heavy atom. The fraction of sp³-hybridized carbons (Fsp3) is 0.688. The van der Waals surface area contributed by atoms with Crippen molar-refractivity contribution >= 4 is 5.91 Å². The Kier molecular flexibility index (Phi) is 7.12. The van der Waals surface area contributed by atoms with E-state index in [0.29, 0.717) is 18.2 Å². The molecule has 1 aromatic rings. The predicted octanol–water partition coefficient (Wildman–Crippen LogP) is 2.60. The maximum Gasteiger partial charge on any atom is 0.271 e. The summed E-state index contributed by atoms with van der Waals surface area (Å²) in [5.41, 5.74) is 0.136. The summed E-state index contributed by atoms with van der Waals surface area (Å²) < 4.78 is 1.35. The topological polar surface area (TPSA) is 64.0 Å². The number of carbonyl (C=O) groups excluding carboxylic acids is 1. The van der Waals surface area contributed by atoms with Crippen molar-refractivity contribution in [3.05, 3.63) is 28.2 Å². The van der Waals surface area contributed by atoms with Gasteiger partial charge in [0.2, 0.25) is 0 Å². The smallest absolute Gasteiger partial charge is 0.271 e. The van der Waals surface area contributed by atoms with Crippen LogP contribution in [0.25, 0.3) is 0 Å². The summed E-state index contributed by atoms with van der Waals surface area (Å²) in [7, 11) is 0. The van der Waals surface area contributed by atoms with Crippen molar-refractivity contribution in [3.63, 3.8) is 0 Å². The van der Waals surface area contributed by atoms with E-state index in [2.05, 4.69) is 24.3 Å². The molecule has 1 N–H and O–H groups in total. The van der Waals surface area contributed by atoms with Gasteiger partial charge in [0.25, 0.3) is 11.5 Å². The summed E-state index contributed by atoms with van der Waals surface area (Å²) in [6.07, 6.45) is 4.03. The number of aromatic nitrogens is 2. The molecule has 0 aromatic carbocycles. The highest BCUT2D eigenvalue weighted by molar-refractivity contribution is 5.92. The van der Waals surface area contributed by atoms with Crippen molar-refractivity contribution in [1.29, 1.82) is 0 Å². The maximum atomic E-state index is 12.1. The van der Waals surface area contributed by atoms with Gasteiger partial charge in [-0.15, -0.1) is 0 Å². The van der Waals surface area contributed by atoms with Crippen molar-refractivity contribution < 1.29 is 4.79 Å². The SMILES string of the molecule is CCCn1nc(C(=O)NC(C)CCCC(C)C)ccc1=O. The Bertz CT molecular complexity index is 508. The zero-order valence-corrected chi connectivity index (χ0v) is 13.6. The second-order valence-electron chi connectivity index (χ2n) is 5.98. The molecule has 5 nitrogen and oxygen atoms in total. The highest BCUT2D eigenvalue weighted by atomic mass is 16.2. The van der Waals surface area contributed by atoms with Crippen LogP contribution in [0.1, 0.15) is 63.9 Å². The molecule has 0 aliphatic carbocycles. The maximum absolute atomic E-state index is 12.1. The number of hydrogen-bond acceptors (Lipinski definition) is 3. The molecule has 0 saturated heterocycles. The lowest BCUT2D eigenvalue weighted by Crippen LogP contribution is -2.35. The Morgan fingerprint density at radius 1 is 1.29 bits per heavy atom. The van der Waals surface area contributed by atoms with Gasteiger partial charge in [-0.3, -0.25) is 9.59 Å². The summed E-state index contributed by atoms with van der Waals surface area (Å²) in [5.74, 6) is 0.476. The van der Waals surface area contributed by atoms with E-state index in [1.165, 1.54) is 23.2 Å². The third-order valence-corrected chi connectivity index (χ3v) is 3.33. The van der Waals surface area contributed by atoms with E-state index in [0.717, 1.165) is 19.3 Å². The molecule has 0 spiro atoms. The lowest BCUT2D eigenvalue weighted by atomic mass is 10.0. The molecule has 5 heteroatoms. The molecule has 0 bridgehead atoms. The van der Waals surface area contributed by atoms with Crippen molar-refractivity contribution in [2.45, 2.75) is 66.0 Å². The van der Waals surface area contributed by atoms with Crippen LogP contribution >= 0.6 is 0 Å². The number of rotatable bonds is 8. The highest BCUT2D eigenvalue weighted by Gasteiger charge is 2.12. The monoisotopic (exact) mass is 293 g/mol. The van der Waals surface area contributed by atoms with E-state index in [-0.39, 0.29) is 17.5 Å². The van der Waals surface area contributed by atoms with Crippen molar-refractivity contribution in [2.24, 2.45) is 5.92 Å². The molecule has 1 unspecified atom stereocenters. The molecule has 0 radical (unpaired) electrons. The molecule has 0 fully saturated rings. The van der Waals surface area contributed by atoms with Crippen molar-refractivity contribution in [2.75, 3.05) is 0 Å². The number of aryl methyl sites for hydroxylation is 1. The van der Waals surface area contributed by atoms with Gasteiger partial charge in [0, 0.05) is 18.7 Å². The van der Waals surface area contributed by atoms with Crippen LogP contribution in [0.3, 0.4) is 0 Å². The molecule has 1 aromatic heterocycles. The predicted molar refractivity (Wildman–Crippen MR) is 84.4 cm³/mol. The number of hydrogen-bond donors (Lipinski definition) is 1. The van der Waals surface area contributed by atoms with Gasteiger partial charge < -0.3 is 5.32 Å². The van der Waals surface area contributed by atoms with Crippen molar-refractivity contribution in [3.8, 4) is 0 Å². The van der Waals surface area contributed by atoms with E-state index in [4.69, 9.17) is 0 Å². The van der Waals surface area contributed by atoms with Crippen LogP contribution < -0.4 is 10.9 Å². The van der Waals surface area contributed by atoms with Crippen LogP contribution in [0.4, 0.5) is 0 Å². The first-order valence-electron chi connectivity index (χ1n) is 7.83. The minimum Gasteiger partial charge on any atom is -0.348 e. The quantitative estimate of drug-likeness (QED) is 0.801. The normalized spacial score (nSPS) is 12.4. The van der Waals surface area contributed by atoms with E-state index in [9.17, 15) is 9.59 Å². The number of amides is 1. The Morgan fingerprint density at radius 3 is 2.62 bits per heavy atom. The lowest BCUT2D eigenvalue weighted by Gasteiger charge is -2.14. The number of carbonyl (C=O) groups is 1. The summed E-state index contributed by atoms with van der Waals surface area (Å²) in [4.78, 5) is 23.7. The van der Waals surface area contributed by atoms with Gasteiger partial charge in [-0.1, -0.05) is 33.6 Å². The van der Waals surface area contributed by atoms with Crippen LogP contribution in [0, 0.1) is 5.92 Å². The van der Waals surface area contributed by atoms with E-state index in [1.807, 2.05) is 13.8 Å². The lowest BCUT2D eigenvalue weighted by molar-refractivity contribution is 0.0930. The summed E-state index contributed by atoms with van der Waals surface area (Å²) in [6, 6.07) is 3.01. The van der Waals surface area contributed by atoms with Crippen molar-refractivity contribution in [1.82, 2.24) is 15.1 Å². The molecule has 1 rings (SSSR count). The summed E-state index contributed by atoms with van der Waals surface area (Å²) in [5, 5.41) is 7.06. The van der Waals surface area contributed by atoms with Crippen LogP contribution in [0.5, 0.6) is 0 Å². The average Bonchev–Trinajstić information content (AvgIpc) is 2.40. The van der Waals surface area contributed by atoms with Gasteiger partial charge in [-0.25, -0.2) is 4.68 Å². The average molecular weight is 293 g/mol. The van der Waals surface area contributed by atoms with E-state index >= 15 is 0 Å². The second-order valence-corrected chi connectivity index (χ2v) is 5.98. The first-order chi connectivity index (χ1) is 9.93. The molecule has 1 atom stereocenters. The molecule has 1 heterocycles. The minimum absolute atomic E-state index is 0.115. The Balaban J connectivity index is 2.58. The summed E-state index contributed by atoms with van der Waals surface area (Å²) >= 11 is 0. The fourth-order valence-electron chi connectivity index (χ4n) is 2.14. The van der Waals surface area contributed by atoms with Gasteiger partial charge in [-0.2, -0.15) is 5.10 Å². The van der Waals surface area contributed by atoms with Crippen LogP contribution in [-0.4, -0.2) is 21.7 Å². The van der Waals surface area contributed by atoms with Crippen LogP contribution in [0.15, 0.2) is 16.9 Å². The molecule has 1 amide bonds. The van der Waals surface area contributed by atoms with Crippen LogP contribution in [0.2, 0.25) is 0 Å². The first kappa shape index (κ1) is 17.4. The first-order valence-corrected chi connectivity index (χ1v) is 7.83. The van der Waals surface area contributed by atoms with E-state index < -0.39 is 0 Å². The molecule has 0 aliphatic heterocycles. The van der Waals surface area contributed by atoms with Crippen LogP contribution in [-0.2, 0) is 6.54 Å². The second kappa shape index (κ2) is 8.60. The molecular formula is C16H27N3O2. The summed E-state index contributed by atoms with van der Waals surface area (Å²) in [6.45, 7) is 8.90. The third-order valence-electron chi connectivity index (χ3n) is 3.33. The van der Waals surface area contributed by atoms with Gasteiger partial charge in [-0.05, 0) is 31.7 Å². The minimum atomic E-state index is -0.211. The third kappa shape index (κ3) is 6.10. The zero-order chi connectivity index (χ0) is 15.8. The largest absolute Gasteiger partial charge is 0.348 e. The Hall–Kier alpha value is -1.65. The molecule has 0 saturated carbocycles. The number of nitrogens with zero attached hydrogens (tertiary/aromatic N) is 2. The standard InChI is InChI=1S/C16H27N3O2/c1-5-11-19-15(20)10-9-14(18-19)16(21)17-13(4)8-6-7-12(2)3/h9-10,12-13H,5-8,11H2,1-4H3,(H,17,21). The van der Waals surface area contributed by atoms with Gasteiger partial charge in [0.15, 0.2) is 0 Å². The van der Waals surface area contributed by atoms with E-state index in [1.54, 1.807) is 0 Å². The fourth-order valence-corrected chi connectivity index (χ4v) is 2.14. The molecule has 118 valence electrons. The molecule has 21 heavy (non-hydrogen) atoms. The van der Waals surface area contributed by atoms with Gasteiger partial charge >= 0.3 is 0 Å². The number of nitrogens with one attached hydrogen (secondary N) is 1.